The summed E-state index contributed by atoms with van der Waals surface area (Å²) in [5, 5.41) is 9.95. The van der Waals surface area contributed by atoms with Gasteiger partial charge < -0.3 is 24.2 Å². The van der Waals surface area contributed by atoms with E-state index in [0.717, 1.165) is 19.6 Å². The smallest absolute Gasteiger partial charge is 0.195 e. The maximum atomic E-state index is 13.7. The van der Waals surface area contributed by atoms with Gasteiger partial charge in [0.25, 0.3) is 0 Å². The third-order valence-electron chi connectivity index (χ3n) is 6.34. The molecule has 9 heteroatoms. The summed E-state index contributed by atoms with van der Waals surface area (Å²) in [7, 11) is -4.94. The van der Waals surface area contributed by atoms with Gasteiger partial charge in [0.1, 0.15) is 18.1 Å². The van der Waals surface area contributed by atoms with Gasteiger partial charge in [-0.15, -0.1) is 11.3 Å². The van der Waals surface area contributed by atoms with Crippen LogP contribution in [0.15, 0.2) is 66.7 Å². The molecule has 0 spiro atoms. The normalized spacial score (nSPS) is 14.4. The van der Waals surface area contributed by atoms with E-state index in [0.29, 0.717) is 44.0 Å². The van der Waals surface area contributed by atoms with E-state index in [1.54, 1.807) is 36.4 Å². The second-order valence-electron chi connectivity index (χ2n) is 8.78. The molecular weight excluding hydrogens is 497 g/mol. The van der Waals surface area contributed by atoms with Gasteiger partial charge >= 0.3 is 0 Å². The number of nitrogens with zero attached hydrogens (tertiary/aromatic N) is 1. The molecule has 0 unspecified atom stereocenters. The minimum atomic E-state index is -4.94. The molecule has 0 atom stereocenters. The zero-order valence-corrected chi connectivity index (χ0v) is 21.1. The first-order valence-corrected chi connectivity index (χ1v) is 14.0. The van der Waals surface area contributed by atoms with E-state index in [1.807, 2.05) is 0 Å². The Morgan fingerprint density at radius 3 is 2.36 bits per heavy atom. The van der Waals surface area contributed by atoms with Crippen molar-refractivity contribution in [3.63, 3.8) is 0 Å². The Morgan fingerprint density at radius 1 is 1.00 bits per heavy atom. The van der Waals surface area contributed by atoms with E-state index in [-0.39, 0.29) is 16.8 Å². The zero-order valence-electron chi connectivity index (χ0n) is 19.4. The Morgan fingerprint density at radius 2 is 1.69 bits per heavy atom. The van der Waals surface area contributed by atoms with Crippen molar-refractivity contribution in [2.45, 2.75) is 12.8 Å². The van der Waals surface area contributed by atoms with Gasteiger partial charge in [-0.05, 0) is 99.0 Å². The summed E-state index contributed by atoms with van der Waals surface area (Å²) < 4.78 is 18.0. The third kappa shape index (κ3) is 5.24. The summed E-state index contributed by atoms with van der Waals surface area (Å²) in [6.07, 6.45) is 2.46. The van der Waals surface area contributed by atoms with E-state index in [1.165, 1.54) is 54.5 Å². The lowest BCUT2D eigenvalue weighted by molar-refractivity contribution is -0.307. The molecule has 186 valence electrons. The van der Waals surface area contributed by atoms with E-state index in [2.05, 4.69) is 4.90 Å². The van der Waals surface area contributed by atoms with E-state index >= 15 is 0 Å². The van der Waals surface area contributed by atoms with Crippen molar-refractivity contribution in [3.8, 4) is 21.9 Å². The number of likely N-dealkylation sites (tertiary alicyclic amines) is 1. The van der Waals surface area contributed by atoms with Crippen molar-refractivity contribution in [2.75, 3.05) is 26.2 Å². The lowest BCUT2D eigenvalue weighted by Gasteiger charge is -2.29. The molecule has 0 bridgehead atoms. The molecule has 1 N–H and O–H groups in total. The average molecular weight is 522 g/mol. The monoisotopic (exact) mass is 521 g/mol. The first-order valence-electron chi connectivity index (χ1n) is 11.7. The third-order valence-corrected chi connectivity index (χ3v) is 8.45. The molecule has 1 aromatic heterocycles. The fraction of sp³-hybridized carbons (Fsp3) is 0.222. The summed E-state index contributed by atoms with van der Waals surface area (Å²) in [5.74, 6) is 0.549. The SMILES string of the molecule is O=C(c1ccc(OCCN2CCCC2)cc1)c1c(-c2ccc(O)cc2)sc2cc(P(=O)([O-])[O-])ccc12. The molecule has 1 aliphatic rings. The summed E-state index contributed by atoms with van der Waals surface area (Å²) in [6, 6.07) is 17.5. The van der Waals surface area contributed by atoms with Gasteiger partial charge in [0.05, 0.1) is 0 Å². The van der Waals surface area contributed by atoms with Crippen LogP contribution < -0.4 is 19.8 Å². The van der Waals surface area contributed by atoms with Gasteiger partial charge in [-0.3, -0.25) is 9.69 Å². The van der Waals surface area contributed by atoms with Crippen LogP contribution in [0.3, 0.4) is 0 Å². The number of benzene rings is 3. The fourth-order valence-electron chi connectivity index (χ4n) is 4.44. The van der Waals surface area contributed by atoms with Gasteiger partial charge in [-0.2, -0.15) is 0 Å². The number of fused-ring (bicyclic) bond motifs is 1. The summed E-state index contributed by atoms with van der Waals surface area (Å²) in [5.41, 5.74) is 1.58. The predicted molar refractivity (Wildman–Crippen MR) is 137 cm³/mol. The molecule has 2 heterocycles. The first-order chi connectivity index (χ1) is 17.3. The van der Waals surface area contributed by atoms with Gasteiger partial charge in [-0.1, -0.05) is 12.1 Å². The van der Waals surface area contributed by atoms with Crippen LogP contribution in [0.5, 0.6) is 11.5 Å². The molecule has 4 aromatic rings. The second kappa shape index (κ2) is 10.2. The molecule has 3 aromatic carbocycles. The van der Waals surface area contributed by atoms with Crippen LogP contribution in [0.4, 0.5) is 0 Å². The van der Waals surface area contributed by atoms with Crippen molar-refractivity contribution in [3.05, 3.63) is 77.9 Å². The maximum absolute atomic E-state index is 13.7. The standard InChI is InChI=1S/C27H26NO6PS/c29-20-7-3-19(4-8-20)27-25(23-12-11-22(35(31,32)33)17-24(23)36-27)26(30)18-5-9-21(10-6-18)34-16-15-28-13-1-2-14-28/h3-12,17,29H,1-2,13-16H2,(H2,31,32,33)/p-2. The molecule has 5 rings (SSSR count). The highest BCUT2D eigenvalue weighted by Crippen LogP contribution is 2.41. The lowest BCUT2D eigenvalue weighted by atomic mass is 9.97. The molecule has 7 nitrogen and oxygen atoms in total. The molecule has 0 amide bonds. The molecule has 1 saturated heterocycles. The van der Waals surface area contributed by atoms with E-state index in [4.69, 9.17) is 4.74 Å². The minimum absolute atomic E-state index is 0.0917. The molecule has 1 fully saturated rings. The average Bonchev–Trinajstić information content (AvgIpc) is 3.51. The Balaban J connectivity index is 1.46. The van der Waals surface area contributed by atoms with Gasteiger partial charge in [0.15, 0.2) is 5.78 Å². The zero-order chi connectivity index (χ0) is 25.3. The number of phenols is 1. The van der Waals surface area contributed by atoms with Gasteiger partial charge in [0, 0.05) is 32.6 Å². The number of ketones is 1. The predicted octanol–water partition coefficient (Wildman–Crippen LogP) is 3.52. The van der Waals surface area contributed by atoms with E-state index in [9.17, 15) is 24.3 Å². The highest BCUT2D eigenvalue weighted by molar-refractivity contribution is 7.57. The van der Waals surface area contributed by atoms with Crippen molar-refractivity contribution >= 4 is 40.1 Å². The molecule has 36 heavy (non-hydrogen) atoms. The summed E-state index contributed by atoms with van der Waals surface area (Å²) >= 11 is 1.23. The van der Waals surface area contributed by atoms with Crippen molar-refractivity contribution in [2.24, 2.45) is 0 Å². The molecular formula is C27H24NO6PS-2. The van der Waals surface area contributed by atoms with Gasteiger partial charge in [0.2, 0.25) is 0 Å². The Kier molecular flexibility index (Phi) is 6.97. The number of thiophene rings is 1. The summed E-state index contributed by atoms with van der Waals surface area (Å²) in [6.45, 7) is 3.67. The Labute approximate surface area is 212 Å². The largest absolute Gasteiger partial charge is 0.807 e. The lowest BCUT2D eigenvalue weighted by Crippen LogP contribution is -2.25. The van der Waals surface area contributed by atoms with Crippen LogP contribution in [0.1, 0.15) is 28.8 Å². The molecule has 0 saturated carbocycles. The Hall–Kier alpha value is -3.00. The minimum Gasteiger partial charge on any atom is -0.807 e. The van der Waals surface area contributed by atoms with Crippen LogP contribution in [0, 0.1) is 0 Å². The molecule has 0 radical (unpaired) electrons. The van der Waals surface area contributed by atoms with Crippen molar-refractivity contribution < 1.29 is 29.0 Å². The fourth-order valence-corrected chi connectivity index (χ4v) is 6.32. The quantitative estimate of drug-likeness (QED) is 0.279. The number of carbonyl (C=O) groups excluding carboxylic acids is 1. The number of carbonyl (C=O) groups is 1. The topological polar surface area (TPSA) is 113 Å². The summed E-state index contributed by atoms with van der Waals surface area (Å²) in [4.78, 5) is 39.9. The van der Waals surface area contributed by atoms with Crippen LogP contribution in [0.2, 0.25) is 0 Å². The first kappa shape index (κ1) is 24.7. The van der Waals surface area contributed by atoms with Gasteiger partial charge in [-0.25, -0.2) is 0 Å². The van der Waals surface area contributed by atoms with Crippen molar-refractivity contribution in [1.29, 1.82) is 0 Å². The number of hydrogen-bond donors (Lipinski definition) is 1. The van der Waals surface area contributed by atoms with Crippen LogP contribution >= 0.6 is 18.9 Å². The number of phenolic OH excluding ortho intramolecular Hbond substituents is 1. The van der Waals surface area contributed by atoms with Crippen LogP contribution in [0.25, 0.3) is 20.5 Å². The van der Waals surface area contributed by atoms with Crippen molar-refractivity contribution in [1.82, 2.24) is 4.90 Å². The van der Waals surface area contributed by atoms with Crippen LogP contribution in [-0.2, 0) is 4.57 Å². The van der Waals surface area contributed by atoms with Crippen LogP contribution in [-0.4, -0.2) is 42.0 Å². The Bertz CT molecular complexity index is 1440. The number of ether oxygens (including phenoxy) is 1. The molecule has 0 aliphatic carbocycles. The maximum Gasteiger partial charge on any atom is 0.195 e. The second-order valence-corrected chi connectivity index (χ2v) is 11.3. The number of aromatic hydroxyl groups is 1. The van der Waals surface area contributed by atoms with E-state index < -0.39 is 7.60 Å². The highest BCUT2D eigenvalue weighted by atomic mass is 32.1. The molecule has 1 aliphatic heterocycles. The number of hydrogen-bond acceptors (Lipinski definition) is 8. The number of rotatable bonds is 8. The highest BCUT2D eigenvalue weighted by Gasteiger charge is 2.22.